The van der Waals surface area contributed by atoms with Crippen LogP contribution < -0.4 is 10.2 Å². The zero-order chi connectivity index (χ0) is 10.7. The van der Waals surface area contributed by atoms with E-state index in [9.17, 15) is 0 Å². The summed E-state index contributed by atoms with van der Waals surface area (Å²) in [6.07, 6.45) is 3.85. The number of hydrogen-bond acceptors (Lipinski definition) is 4. The van der Waals surface area contributed by atoms with E-state index < -0.39 is 0 Å². The van der Waals surface area contributed by atoms with Gasteiger partial charge in [0.05, 0.1) is 5.69 Å². The van der Waals surface area contributed by atoms with E-state index in [1.54, 1.807) is 6.33 Å². The van der Waals surface area contributed by atoms with Gasteiger partial charge >= 0.3 is 0 Å². The van der Waals surface area contributed by atoms with Gasteiger partial charge in [-0.1, -0.05) is 6.92 Å². The van der Waals surface area contributed by atoms with Crippen molar-refractivity contribution in [2.45, 2.75) is 26.3 Å². The highest BCUT2D eigenvalue weighted by Gasteiger charge is 2.16. The Balaban J connectivity index is 2.30. The van der Waals surface area contributed by atoms with Crippen molar-refractivity contribution in [3.05, 3.63) is 17.6 Å². The summed E-state index contributed by atoms with van der Waals surface area (Å²) in [5.74, 6) is 1.09. The van der Waals surface area contributed by atoms with Crippen molar-refractivity contribution < 1.29 is 0 Å². The van der Waals surface area contributed by atoms with Crippen molar-refractivity contribution in [2.75, 3.05) is 25.0 Å². The van der Waals surface area contributed by atoms with Gasteiger partial charge in [-0.25, -0.2) is 9.97 Å². The SMILES string of the molecule is CCCN(C)c1ncnc2c1CNCC2. The highest BCUT2D eigenvalue weighted by molar-refractivity contribution is 5.48. The topological polar surface area (TPSA) is 41.1 Å². The third-order valence-electron chi connectivity index (χ3n) is 2.77. The van der Waals surface area contributed by atoms with Crippen molar-refractivity contribution in [1.29, 1.82) is 0 Å². The molecule has 1 aromatic heterocycles. The van der Waals surface area contributed by atoms with Crippen molar-refractivity contribution in [3.63, 3.8) is 0 Å². The van der Waals surface area contributed by atoms with E-state index in [2.05, 4.69) is 34.2 Å². The Kier molecular flexibility index (Phi) is 3.16. The van der Waals surface area contributed by atoms with Crippen LogP contribution in [0.5, 0.6) is 0 Å². The minimum absolute atomic E-state index is 0.902. The molecule has 15 heavy (non-hydrogen) atoms. The molecule has 4 nitrogen and oxygen atoms in total. The van der Waals surface area contributed by atoms with Gasteiger partial charge in [0.15, 0.2) is 0 Å². The first-order valence-corrected chi connectivity index (χ1v) is 5.57. The summed E-state index contributed by atoms with van der Waals surface area (Å²) in [5.41, 5.74) is 2.49. The van der Waals surface area contributed by atoms with E-state index >= 15 is 0 Å². The smallest absolute Gasteiger partial charge is 0.136 e. The molecule has 2 heterocycles. The largest absolute Gasteiger partial charge is 0.359 e. The number of hydrogen-bond donors (Lipinski definition) is 1. The summed E-state index contributed by atoms with van der Waals surface area (Å²) >= 11 is 0. The highest BCUT2D eigenvalue weighted by Crippen LogP contribution is 2.21. The van der Waals surface area contributed by atoms with E-state index in [0.29, 0.717) is 0 Å². The van der Waals surface area contributed by atoms with E-state index in [4.69, 9.17) is 0 Å². The fraction of sp³-hybridized carbons (Fsp3) is 0.636. The van der Waals surface area contributed by atoms with Crippen LogP contribution in [0.3, 0.4) is 0 Å². The van der Waals surface area contributed by atoms with Crippen molar-refractivity contribution in [1.82, 2.24) is 15.3 Å². The number of nitrogens with zero attached hydrogens (tertiary/aromatic N) is 3. The lowest BCUT2D eigenvalue weighted by Gasteiger charge is -2.24. The second-order valence-electron chi connectivity index (χ2n) is 3.97. The maximum absolute atomic E-state index is 4.39. The van der Waals surface area contributed by atoms with E-state index in [0.717, 1.165) is 38.3 Å². The molecule has 0 aromatic carbocycles. The zero-order valence-corrected chi connectivity index (χ0v) is 9.45. The van der Waals surface area contributed by atoms with Crippen LogP contribution in [0.2, 0.25) is 0 Å². The second kappa shape index (κ2) is 4.57. The van der Waals surface area contributed by atoms with Crippen LogP contribution in [0.1, 0.15) is 24.6 Å². The van der Waals surface area contributed by atoms with Gasteiger partial charge in [0.25, 0.3) is 0 Å². The minimum Gasteiger partial charge on any atom is -0.359 e. The van der Waals surface area contributed by atoms with Crippen LogP contribution >= 0.6 is 0 Å². The fourth-order valence-corrected chi connectivity index (χ4v) is 2.03. The second-order valence-corrected chi connectivity index (χ2v) is 3.97. The van der Waals surface area contributed by atoms with Crippen molar-refractivity contribution >= 4 is 5.82 Å². The van der Waals surface area contributed by atoms with Crippen LogP contribution in [-0.4, -0.2) is 30.1 Å². The van der Waals surface area contributed by atoms with E-state index in [1.165, 1.54) is 11.3 Å². The van der Waals surface area contributed by atoms with Crippen LogP contribution in [0.15, 0.2) is 6.33 Å². The summed E-state index contributed by atoms with van der Waals surface area (Å²) in [6, 6.07) is 0. The fourth-order valence-electron chi connectivity index (χ4n) is 2.03. The number of rotatable bonds is 3. The number of fused-ring (bicyclic) bond motifs is 1. The lowest BCUT2D eigenvalue weighted by Crippen LogP contribution is -2.29. The number of anilines is 1. The number of aromatic nitrogens is 2. The molecule has 0 unspecified atom stereocenters. The molecule has 0 saturated carbocycles. The Morgan fingerprint density at radius 3 is 3.13 bits per heavy atom. The van der Waals surface area contributed by atoms with E-state index in [1.807, 2.05) is 0 Å². The standard InChI is InChI=1S/C11H18N4/c1-3-6-15(2)11-9-7-12-5-4-10(9)13-8-14-11/h8,12H,3-7H2,1-2H3. The average Bonchev–Trinajstić information content (AvgIpc) is 2.28. The summed E-state index contributed by atoms with van der Waals surface area (Å²) < 4.78 is 0. The first kappa shape index (κ1) is 10.4. The Hall–Kier alpha value is -1.16. The molecule has 82 valence electrons. The van der Waals surface area contributed by atoms with Gasteiger partial charge in [-0.2, -0.15) is 0 Å². The van der Waals surface area contributed by atoms with Gasteiger partial charge in [0.1, 0.15) is 12.1 Å². The van der Waals surface area contributed by atoms with Crippen LogP contribution in [0.4, 0.5) is 5.82 Å². The molecule has 1 aromatic rings. The van der Waals surface area contributed by atoms with E-state index in [-0.39, 0.29) is 0 Å². The molecule has 1 aliphatic rings. The molecule has 1 aliphatic heterocycles. The maximum Gasteiger partial charge on any atom is 0.136 e. The van der Waals surface area contributed by atoms with Gasteiger partial charge in [-0.15, -0.1) is 0 Å². The first-order valence-electron chi connectivity index (χ1n) is 5.57. The summed E-state index contributed by atoms with van der Waals surface area (Å²) in [7, 11) is 2.10. The third-order valence-corrected chi connectivity index (χ3v) is 2.77. The number of nitrogens with one attached hydrogen (secondary N) is 1. The van der Waals surface area contributed by atoms with Crippen LogP contribution in [-0.2, 0) is 13.0 Å². The molecule has 1 N–H and O–H groups in total. The zero-order valence-electron chi connectivity index (χ0n) is 9.45. The molecule has 0 bridgehead atoms. The highest BCUT2D eigenvalue weighted by atomic mass is 15.2. The summed E-state index contributed by atoms with van der Waals surface area (Å²) in [4.78, 5) is 10.9. The quantitative estimate of drug-likeness (QED) is 0.800. The Bertz CT molecular complexity index is 337. The Labute approximate surface area is 90.7 Å². The normalized spacial score (nSPS) is 14.8. The minimum atomic E-state index is 0.902. The van der Waals surface area contributed by atoms with Gasteiger partial charge in [0, 0.05) is 38.7 Å². The molecule has 0 aliphatic carbocycles. The monoisotopic (exact) mass is 206 g/mol. The Morgan fingerprint density at radius 1 is 1.47 bits per heavy atom. The first-order chi connectivity index (χ1) is 7.33. The predicted octanol–water partition coefficient (Wildman–Crippen LogP) is 0.968. The lowest BCUT2D eigenvalue weighted by atomic mass is 10.1. The summed E-state index contributed by atoms with van der Waals surface area (Å²) in [5, 5.41) is 3.37. The average molecular weight is 206 g/mol. The van der Waals surface area contributed by atoms with Gasteiger partial charge in [-0.3, -0.25) is 0 Å². The summed E-state index contributed by atoms with van der Waals surface area (Å²) in [6.45, 7) is 5.16. The molecule has 0 saturated heterocycles. The van der Waals surface area contributed by atoms with Crippen LogP contribution in [0, 0.1) is 0 Å². The van der Waals surface area contributed by atoms with Gasteiger partial charge < -0.3 is 10.2 Å². The Morgan fingerprint density at radius 2 is 2.33 bits per heavy atom. The molecule has 2 rings (SSSR count). The third kappa shape index (κ3) is 2.09. The molecule has 0 atom stereocenters. The molecular weight excluding hydrogens is 188 g/mol. The van der Waals surface area contributed by atoms with Crippen LogP contribution in [0.25, 0.3) is 0 Å². The molecule has 0 radical (unpaired) electrons. The van der Waals surface area contributed by atoms with Gasteiger partial charge in [-0.05, 0) is 6.42 Å². The molecular formula is C11H18N4. The maximum atomic E-state index is 4.39. The lowest BCUT2D eigenvalue weighted by molar-refractivity contribution is 0.622. The van der Waals surface area contributed by atoms with Crippen molar-refractivity contribution in [2.24, 2.45) is 0 Å². The predicted molar refractivity (Wildman–Crippen MR) is 61.0 cm³/mol. The molecule has 0 amide bonds. The van der Waals surface area contributed by atoms with Gasteiger partial charge in [0.2, 0.25) is 0 Å². The molecule has 0 fully saturated rings. The molecule has 4 heteroatoms. The molecule has 0 spiro atoms. The van der Waals surface area contributed by atoms with Crippen molar-refractivity contribution in [3.8, 4) is 0 Å².